The van der Waals surface area contributed by atoms with Crippen LogP contribution < -0.4 is 0 Å². The molecule has 25 heavy (non-hydrogen) atoms. The molecule has 0 aromatic heterocycles. The van der Waals surface area contributed by atoms with E-state index in [4.69, 9.17) is 4.74 Å². The first kappa shape index (κ1) is 24.5. The first-order valence-electron chi connectivity index (χ1n) is 11.4. The van der Waals surface area contributed by atoms with Gasteiger partial charge >= 0.3 is 5.97 Å². The van der Waals surface area contributed by atoms with Gasteiger partial charge in [-0.1, -0.05) is 98.3 Å². The lowest BCUT2D eigenvalue weighted by Gasteiger charge is -2.20. The average molecular weight is 355 g/mol. The zero-order valence-corrected chi connectivity index (χ0v) is 17.8. The summed E-state index contributed by atoms with van der Waals surface area (Å²) in [6.07, 6.45) is 19.6. The van der Waals surface area contributed by atoms with Crippen LogP contribution in [0.4, 0.5) is 0 Å². The Morgan fingerprint density at radius 3 is 1.64 bits per heavy atom. The van der Waals surface area contributed by atoms with Gasteiger partial charge in [-0.3, -0.25) is 4.79 Å². The molecule has 0 rings (SSSR count). The summed E-state index contributed by atoms with van der Waals surface area (Å²) in [5, 5.41) is 0. The maximum absolute atomic E-state index is 12.4. The minimum atomic E-state index is 0.0628. The van der Waals surface area contributed by atoms with Crippen LogP contribution in [0, 0.1) is 5.92 Å². The monoisotopic (exact) mass is 354 g/mol. The van der Waals surface area contributed by atoms with Crippen molar-refractivity contribution in [2.45, 2.75) is 137 Å². The SMILES string of the molecule is CCCCCCCCCCC(CC)C(=O)OC(CC)CCCCCC. The summed E-state index contributed by atoms with van der Waals surface area (Å²) in [7, 11) is 0. The third kappa shape index (κ3) is 14.3. The Hall–Kier alpha value is -0.530. The van der Waals surface area contributed by atoms with Crippen LogP contribution in [-0.4, -0.2) is 12.1 Å². The number of carbonyl (C=O) groups is 1. The fraction of sp³-hybridized carbons (Fsp3) is 0.957. The van der Waals surface area contributed by atoms with E-state index in [1.807, 2.05) is 0 Å². The quantitative estimate of drug-likeness (QED) is 0.185. The summed E-state index contributed by atoms with van der Waals surface area (Å²) < 4.78 is 5.82. The summed E-state index contributed by atoms with van der Waals surface area (Å²) in [6.45, 7) is 8.75. The fourth-order valence-electron chi connectivity index (χ4n) is 3.42. The summed E-state index contributed by atoms with van der Waals surface area (Å²) >= 11 is 0. The van der Waals surface area contributed by atoms with Crippen molar-refractivity contribution in [3.05, 3.63) is 0 Å². The van der Waals surface area contributed by atoms with Gasteiger partial charge in [0.05, 0.1) is 5.92 Å². The van der Waals surface area contributed by atoms with E-state index in [0.29, 0.717) is 0 Å². The van der Waals surface area contributed by atoms with Crippen molar-refractivity contribution in [2.75, 3.05) is 0 Å². The third-order valence-corrected chi connectivity index (χ3v) is 5.35. The largest absolute Gasteiger partial charge is 0.462 e. The normalized spacial score (nSPS) is 13.6. The van der Waals surface area contributed by atoms with Gasteiger partial charge in [-0.25, -0.2) is 0 Å². The van der Waals surface area contributed by atoms with Crippen LogP contribution >= 0.6 is 0 Å². The maximum Gasteiger partial charge on any atom is 0.309 e. The van der Waals surface area contributed by atoms with E-state index in [2.05, 4.69) is 27.7 Å². The van der Waals surface area contributed by atoms with Gasteiger partial charge in [0.25, 0.3) is 0 Å². The molecule has 0 aliphatic rings. The Morgan fingerprint density at radius 1 is 0.640 bits per heavy atom. The lowest BCUT2D eigenvalue weighted by atomic mass is 9.97. The van der Waals surface area contributed by atoms with Gasteiger partial charge < -0.3 is 4.74 Å². The number of esters is 1. The van der Waals surface area contributed by atoms with E-state index in [1.54, 1.807) is 0 Å². The molecule has 0 aliphatic carbocycles. The first-order valence-corrected chi connectivity index (χ1v) is 11.4. The number of hydrogen-bond acceptors (Lipinski definition) is 2. The molecule has 0 aliphatic heterocycles. The highest BCUT2D eigenvalue weighted by atomic mass is 16.5. The summed E-state index contributed by atoms with van der Waals surface area (Å²) in [4.78, 5) is 12.4. The zero-order chi connectivity index (χ0) is 18.8. The lowest BCUT2D eigenvalue weighted by Crippen LogP contribution is -2.24. The van der Waals surface area contributed by atoms with Gasteiger partial charge in [0.1, 0.15) is 6.10 Å². The third-order valence-electron chi connectivity index (χ3n) is 5.35. The predicted octanol–water partition coefficient (Wildman–Crippen LogP) is 7.84. The molecular formula is C23H46O2. The topological polar surface area (TPSA) is 26.3 Å². The van der Waals surface area contributed by atoms with Crippen LogP contribution in [-0.2, 0) is 9.53 Å². The second-order valence-corrected chi connectivity index (χ2v) is 7.69. The highest BCUT2D eigenvalue weighted by Crippen LogP contribution is 2.20. The van der Waals surface area contributed by atoms with Gasteiger partial charge in [0.15, 0.2) is 0 Å². The van der Waals surface area contributed by atoms with Crippen molar-refractivity contribution in [2.24, 2.45) is 5.92 Å². The molecule has 0 bridgehead atoms. The molecular weight excluding hydrogens is 308 g/mol. The molecule has 2 nitrogen and oxygen atoms in total. The van der Waals surface area contributed by atoms with Crippen LogP contribution in [0.2, 0.25) is 0 Å². The second-order valence-electron chi connectivity index (χ2n) is 7.69. The molecule has 0 N–H and O–H groups in total. The van der Waals surface area contributed by atoms with Crippen molar-refractivity contribution >= 4 is 5.97 Å². The van der Waals surface area contributed by atoms with Crippen molar-refractivity contribution < 1.29 is 9.53 Å². The molecule has 150 valence electrons. The summed E-state index contributed by atoms with van der Waals surface area (Å²) in [5.41, 5.74) is 0. The molecule has 2 heteroatoms. The molecule has 0 radical (unpaired) electrons. The molecule has 0 amide bonds. The number of carbonyl (C=O) groups excluding carboxylic acids is 1. The Labute approximate surface area is 158 Å². The Morgan fingerprint density at radius 2 is 1.12 bits per heavy atom. The van der Waals surface area contributed by atoms with Crippen LogP contribution in [0.5, 0.6) is 0 Å². The van der Waals surface area contributed by atoms with E-state index in [9.17, 15) is 4.79 Å². The molecule has 0 aromatic rings. The Kier molecular flexibility index (Phi) is 17.9. The van der Waals surface area contributed by atoms with Crippen LogP contribution in [0.25, 0.3) is 0 Å². The standard InChI is InChI=1S/C23H46O2/c1-5-9-11-13-14-15-16-17-19-21(7-3)23(24)25-22(8-4)20-18-12-10-6-2/h21-22H,5-20H2,1-4H3. The predicted molar refractivity (Wildman–Crippen MR) is 110 cm³/mol. The summed E-state index contributed by atoms with van der Waals surface area (Å²) in [5.74, 6) is 0.178. The molecule has 2 atom stereocenters. The molecule has 2 unspecified atom stereocenters. The number of unbranched alkanes of at least 4 members (excludes halogenated alkanes) is 10. The van der Waals surface area contributed by atoms with Gasteiger partial charge in [-0.15, -0.1) is 0 Å². The van der Waals surface area contributed by atoms with E-state index < -0.39 is 0 Å². The molecule has 0 fully saturated rings. The highest BCUT2D eigenvalue weighted by molar-refractivity contribution is 5.72. The van der Waals surface area contributed by atoms with Gasteiger partial charge in [0.2, 0.25) is 0 Å². The van der Waals surface area contributed by atoms with E-state index in [-0.39, 0.29) is 18.0 Å². The molecule has 0 saturated heterocycles. The first-order chi connectivity index (χ1) is 12.2. The van der Waals surface area contributed by atoms with Gasteiger partial charge in [-0.2, -0.15) is 0 Å². The van der Waals surface area contributed by atoms with E-state index in [0.717, 1.165) is 25.7 Å². The number of rotatable bonds is 18. The molecule has 0 aromatic carbocycles. The number of ether oxygens (including phenoxy) is 1. The van der Waals surface area contributed by atoms with Crippen molar-refractivity contribution in [3.63, 3.8) is 0 Å². The van der Waals surface area contributed by atoms with Crippen molar-refractivity contribution in [1.29, 1.82) is 0 Å². The maximum atomic E-state index is 12.4. The van der Waals surface area contributed by atoms with Crippen LogP contribution in [0.3, 0.4) is 0 Å². The van der Waals surface area contributed by atoms with Crippen LogP contribution in [0.15, 0.2) is 0 Å². The van der Waals surface area contributed by atoms with Crippen molar-refractivity contribution in [1.82, 2.24) is 0 Å². The van der Waals surface area contributed by atoms with E-state index in [1.165, 1.54) is 77.0 Å². The Bertz CT molecular complexity index is 288. The van der Waals surface area contributed by atoms with Crippen molar-refractivity contribution in [3.8, 4) is 0 Å². The second kappa shape index (κ2) is 18.3. The molecule has 0 saturated carbocycles. The molecule has 0 heterocycles. The zero-order valence-electron chi connectivity index (χ0n) is 17.8. The number of hydrogen-bond donors (Lipinski definition) is 0. The fourth-order valence-corrected chi connectivity index (χ4v) is 3.42. The van der Waals surface area contributed by atoms with Gasteiger partial charge in [-0.05, 0) is 32.1 Å². The summed E-state index contributed by atoms with van der Waals surface area (Å²) in [6, 6.07) is 0. The minimum absolute atomic E-state index is 0.0628. The average Bonchev–Trinajstić information content (AvgIpc) is 2.62. The minimum Gasteiger partial charge on any atom is -0.462 e. The Balaban J connectivity index is 3.87. The van der Waals surface area contributed by atoms with E-state index >= 15 is 0 Å². The van der Waals surface area contributed by atoms with Gasteiger partial charge in [0, 0.05) is 0 Å². The smallest absolute Gasteiger partial charge is 0.309 e. The highest BCUT2D eigenvalue weighted by Gasteiger charge is 2.20. The lowest BCUT2D eigenvalue weighted by molar-refractivity contribution is -0.155. The molecule has 0 spiro atoms. The van der Waals surface area contributed by atoms with Crippen LogP contribution in [0.1, 0.15) is 130 Å².